The summed E-state index contributed by atoms with van der Waals surface area (Å²) in [6, 6.07) is 8.93. The number of hydrogen-bond donors (Lipinski definition) is 1. The van der Waals surface area contributed by atoms with Gasteiger partial charge in [-0.3, -0.25) is 4.90 Å². The van der Waals surface area contributed by atoms with E-state index in [-0.39, 0.29) is 18.2 Å². The third-order valence-corrected chi connectivity index (χ3v) is 5.79. The van der Waals surface area contributed by atoms with Crippen LogP contribution in [0.2, 0.25) is 0 Å². The molecule has 6 heteroatoms. The van der Waals surface area contributed by atoms with Gasteiger partial charge < -0.3 is 19.9 Å². The molecular formula is C21H32N4O2. The minimum atomic E-state index is 0.0226. The fourth-order valence-corrected chi connectivity index (χ4v) is 4.37. The molecule has 0 bridgehead atoms. The Morgan fingerprint density at radius 2 is 1.78 bits per heavy atom. The molecule has 0 unspecified atom stereocenters. The summed E-state index contributed by atoms with van der Waals surface area (Å²) in [7, 11) is 0. The predicted octanol–water partition coefficient (Wildman–Crippen LogP) is 3.00. The largest absolute Gasteiger partial charge is 0.372 e. The van der Waals surface area contributed by atoms with Crippen molar-refractivity contribution in [3.63, 3.8) is 0 Å². The van der Waals surface area contributed by atoms with Crippen LogP contribution in [0, 0.1) is 0 Å². The number of para-hydroxylation sites is 2. The van der Waals surface area contributed by atoms with Crippen LogP contribution in [-0.4, -0.2) is 73.3 Å². The Balaban J connectivity index is 1.42. The molecule has 1 aromatic rings. The number of carbonyl (C=O) groups excluding carboxylic acids is 1. The number of ether oxygens (including phenoxy) is 1. The van der Waals surface area contributed by atoms with Gasteiger partial charge in [0.1, 0.15) is 0 Å². The molecule has 0 radical (unpaired) electrons. The number of carbonyl (C=O) groups is 1. The van der Waals surface area contributed by atoms with Crippen LogP contribution in [0.25, 0.3) is 0 Å². The van der Waals surface area contributed by atoms with Gasteiger partial charge in [-0.1, -0.05) is 12.1 Å². The van der Waals surface area contributed by atoms with Crippen molar-refractivity contribution < 1.29 is 9.53 Å². The van der Waals surface area contributed by atoms with Crippen molar-refractivity contribution in [2.24, 2.45) is 0 Å². The monoisotopic (exact) mass is 372 g/mol. The zero-order chi connectivity index (χ0) is 18.8. The molecule has 6 nitrogen and oxygen atoms in total. The summed E-state index contributed by atoms with van der Waals surface area (Å²) < 4.78 is 5.86. The lowest BCUT2D eigenvalue weighted by Gasteiger charge is -2.37. The van der Waals surface area contributed by atoms with E-state index in [0.717, 1.165) is 63.1 Å². The van der Waals surface area contributed by atoms with Gasteiger partial charge in [-0.2, -0.15) is 0 Å². The van der Waals surface area contributed by atoms with E-state index in [1.807, 2.05) is 23.1 Å². The molecule has 3 aliphatic rings. The van der Waals surface area contributed by atoms with E-state index in [9.17, 15) is 4.79 Å². The highest BCUT2D eigenvalue weighted by atomic mass is 16.5. The lowest BCUT2D eigenvalue weighted by atomic mass is 10.1. The molecule has 3 fully saturated rings. The molecule has 0 spiro atoms. The van der Waals surface area contributed by atoms with Crippen LogP contribution < -0.4 is 10.2 Å². The van der Waals surface area contributed by atoms with Crippen LogP contribution in [0.1, 0.15) is 33.1 Å². The summed E-state index contributed by atoms with van der Waals surface area (Å²) in [5.41, 5.74) is 1.98. The summed E-state index contributed by atoms with van der Waals surface area (Å²) >= 11 is 0. The maximum absolute atomic E-state index is 12.9. The highest BCUT2D eigenvalue weighted by Gasteiger charge is 2.31. The number of anilines is 2. The van der Waals surface area contributed by atoms with Gasteiger partial charge in [-0.15, -0.1) is 0 Å². The summed E-state index contributed by atoms with van der Waals surface area (Å²) in [6.45, 7) is 9.67. The molecular weight excluding hydrogens is 340 g/mol. The lowest BCUT2D eigenvalue weighted by molar-refractivity contribution is -0.00517. The van der Waals surface area contributed by atoms with E-state index in [4.69, 9.17) is 4.74 Å². The van der Waals surface area contributed by atoms with Crippen molar-refractivity contribution >= 4 is 17.4 Å². The molecule has 4 rings (SSSR count). The molecule has 2 amide bonds. The molecule has 1 aromatic carbocycles. The van der Waals surface area contributed by atoms with Crippen molar-refractivity contribution in [2.45, 2.75) is 51.4 Å². The first-order valence-electron chi connectivity index (χ1n) is 10.4. The van der Waals surface area contributed by atoms with Crippen LogP contribution >= 0.6 is 0 Å². The predicted molar refractivity (Wildman–Crippen MR) is 108 cm³/mol. The number of urea groups is 1. The molecule has 0 aromatic heterocycles. The number of nitrogens with one attached hydrogen (secondary N) is 1. The molecule has 148 valence electrons. The Bertz CT molecular complexity index is 653. The number of rotatable bonds is 3. The van der Waals surface area contributed by atoms with Gasteiger partial charge in [0, 0.05) is 45.3 Å². The zero-order valence-corrected chi connectivity index (χ0v) is 16.6. The van der Waals surface area contributed by atoms with Gasteiger partial charge in [-0.25, -0.2) is 4.79 Å². The minimum Gasteiger partial charge on any atom is -0.372 e. The van der Waals surface area contributed by atoms with Crippen molar-refractivity contribution in [1.29, 1.82) is 0 Å². The maximum atomic E-state index is 12.9. The van der Waals surface area contributed by atoms with E-state index in [1.54, 1.807) is 0 Å². The third-order valence-electron chi connectivity index (χ3n) is 5.79. The van der Waals surface area contributed by atoms with Crippen molar-refractivity contribution in [2.75, 3.05) is 49.5 Å². The Morgan fingerprint density at radius 3 is 2.52 bits per heavy atom. The first-order valence-corrected chi connectivity index (χ1v) is 10.4. The second-order valence-electron chi connectivity index (χ2n) is 8.22. The first-order chi connectivity index (χ1) is 13.1. The molecule has 27 heavy (non-hydrogen) atoms. The Hall–Kier alpha value is -1.79. The number of benzene rings is 1. The molecule has 1 saturated carbocycles. The fourth-order valence-electron chi connectivity index (χ4n) is 4.37. The maximum Gasteiger partial charge on any atom is 0.321 e. The number of amides is 2. The average Bonchev–Trinajstić information content (AvgIpc) is 3.47. The summed E-state index contributed by atoms with van der Waals surface area (Å²) in [4.78, 5) is 19.8. The summed E-state index contributed by atoms with van der Waals surface area (Å²) in [5, 5.41) is 3.18. The van der Waals surface area contributed by atoms with E-state index >= 15 is 0 Å². The molecule has 2 aliphatic heterocycles. The molecule has 2 atom stereocenters. The molecule has 2 saturated heterocycles. The Labute approximate surface area is 162 Å². The van der Waals surface area contributed by atoms with Gasteiger partial charge in [0.05, 0.1) is 23.6 Å². The van der Waals surface area contributed by atoms with Crippen LogP contribution in [0.15, 0.2) is 24.3 Å². The van der Waals surface area contributed by atoms with E-state index < -0.39 is 0 Å². The van der Waals surface area contributed by atoms with Crippen molar-refractivity contribution in [3.8, 4) is 0 Å². The normalized spacial score (nSPS) is 27.3. The summed E-state index contributed by atoms with van der Waals surface area (Å²) in [6.07, 6.45) is 4.10. The van der Waals surface area contributed by atoms with Gasteiger partial charge in [0.15, 0.2) is 0 Å². The topological polar surface area (TPSA) is 48.1 Å². The van der Waals surface area contributed by atoms with Gasteiger partial charge in [-0.05, 0) is 45.2 Å². The summed E-state index contributed by atoms with van der Waals surface area (Å²) in [5.74, 6) is 0. The van der Waals surface area contributed by atoms with E-state index in [1.165, 1.54) is 12.8 Å². The SMILES string of the molecule is C[C@@H]1CN(c2ccccc2NC(=O)N2CCCN(C3CC3)CC2)C[C@H](C)O1. The molecule has 2 heterocycles. The average molecular weight is 373 g/mol. The highest BCUT2D eigenvalue weighted by Crippen LogP contribution is 2.30. The van der Waals surface area contributed by atoms with Gasteiger partial charge in [0.2, 0.25) is 0 Å². The van der Waals surface area contributed by atoms with Gasteiger partial charge in [0.25, 0.3) is 0 Å². The van der Waals surface area contributed by atoms with Crippen LogP contribution in [0.3, 0.4) is 0 Å². The number of hydrogen-bond acceptors (Lipinski definition) is 4. The minimum absolute atomic E-state index is 0.0226. The van der Waals surface area contributed by atoms with Crippen LogP contribution in [-0.2, 0) is 4.74 Å². The van der Waals surface area contributed by atoms with Crippen molar-refractivity contribution in [3.05, 3.63) is 24.3 Å². The van der Waals surface area contributed by atoms with E-state index in [2.05, 4.69) is 35.0 Å². The highest BCUT2D eigenvalue weighted by molar-refractivity contribution is 5.93. The van der Waals surface area contributed by atoms with Crippen LogP contribution in [0.4, 0.5) is 16.2 Å². The quantitative estimate of drug-likeness (QED) is 0.886. The van der Waals surface area contributed by atoms with Crippen molar-refractivity contribution in [1.82, 2.24) is 9.80 Å². The smallest absolute Gasteiger partial charge is 0.321 e. The van der Waals surface area contributed by atoms with Gasteiger partial charge >= 0.3 is 6.03 Å². The number of nitrogens with zero attached hydrogens (tertiary/aromatic N) is 3. The Morgan fingerprint density at radius 1 is 1.04 bits per heavy atom. The Kier molecular flexibility index (Phi) is 5.55. The zero-order valence-electron chi connectivity index (χ0n) is 16.6. The second-order valence-corrected chi connectivity index (χ2v) is 8.22. The standard InChI is InChI=1S/C21H32N4O2/c1-16-14-25(15-17(2)27-16)20-7-4-3-6-19(20)22-21(26)24-11-5-10-23(12-13-24)18-8-9-18/h3-4,6-7,16-18H,5,8-15H2,1-2H3,(H,22,26)/t16-,17+. The van der Waals surface area contributed by atoms with E-state index in [0.29, 0.717) is 0 Å². The molecule has 1 aliphatic carbocycles. The second kappa shape index (κ2) is 8.07. The van der Waals surface area contributed by atoms with Crippen LogP contribution in [0.5, 0.6) is 0 Å². The molecule has 1 N–H and O–H groups in total. The lowest BCUT2D eigenvalue weighted by Crippen LogP contribution is -2.46. The number of morpholine rings is 1. The fraction of sp³-hybridized carbons (Fsp3) is 0.667. The first kappa shape index (κ1) is 18.6. The third kappa shape index (κ3) is 4.55.